The van der Waals surface area contributed by atoms with Crippen LogP contribution in [0, 0.1) is 5.82 Å². The van der Waals surface area contributed by atoms with Crippen LogP contribution in [0.5, 0.6) is 0 Å². The molecule has 27 heavy (non-hydrogen) atoms. The number of carbonyl (C=O) groups excluding carboxylic acids is 2. The van der Waals surface area contributed by atoms with Crippen molar-refractivity contribution in [2.75, 3.05) is 33.4 Å². The second-order valence-corrected chi connectivity index (χ2v) is 5.88. The number of hydrogen-bond donors (Lipinski definition) is 0. The fraction of sp³-hybridized carbons (Fsp3) is 0.412. The molecule has 1 aliphatic heterocycles. The molecule has 0 atom stereocenters. The maximum absolute atomic E-state index is 13.1. The van der Waals surface area contributed by atoms with Crippen molar-refractivity contribution in [1.29, 1.82) is 0 Å². The fourth-order valence-electron chi connectivity index (χ4n) is 2.72. The predicted molar refractivity (Wildman–Crippen MR) is 91.7 cm³/mol. The highest BCUT2D eigenvalue weighted by Gasteiger charge is 2.29. The van der Waals surface area contributed by atoms with E-state index in [4.69, 9.17) is 9.47 Å². The van der Waals surface area contributed by atoms with Gasteiger partial charge in [0, 0.05) is 12.6 Å². The number of halogens is 1. The molecule has 1 saturated heterocycles. The summed E-state index contributed by atoms with van der Waals surface area (Å²) in [5.41, 5.74) is 0.644. The van der Waals surface area contributed by atoms with Gasteiger partial charge in [-0.3, -0.25) is 9.48 Å². The molecule has 1 aromatic heterocycles. The van der Waals surface area contributed by atoms with E-state index in [0.29, 0.717) is 30.4 Å². The molecule has 0 radical (unpaired) electrons. The molecule has 1 aliphatic rings. The van der Waals surface area contributed by atoms with E-state index in [1.54, 1.807) is 19.2 Å². The Bertz CT molecular complexity index is 823. The summed E-state index contributed by atoms with van der Waals surface area (Å²) in [6.07, 6.45) is -0.683. The van der Waals surface area contributed by atoms with Crippen LogP contribution in [0.15, 0.2) is 24.3 Å². The van der Waals surface area contributed by atoms with Gasteiger partial charge in [0.15, 0.2) is 5.82 Å². The molecule has 9 nitrogen and oxygen atoms in total. The van der Waals surface area contributed by atoms with E-state index in [1.165, 1.54) is 33.9 Å². The molecule has 0 unspecified atom stereocenters. The lowest BCUT2D eigenvalue weighted by molar-refractivity contribution is -0.144. The van der Waals surface area contributed by atoms with Crippen LogP contribution >= 0.6 is 0 Å². The highest BCUT2D eigenvalue weighted by molar-refractivity contribution is 5.81. The molecular weight excluding hydrogens is 357 g/mol. The number of aromatic nitrogens is 3. The Morgan fingerprint density at radius 3 is 2.52 bits per heavy atom. The Labute approximate surface area is 155 Å². The monoisotopic (exact) mass is 377 g/mol. The smallest absolute Gasteiger partial charge is 0.428 e. The number of amides is 2. The quantitative estimate of drug-likeness (QED) is 0.793. The van der Waals surface area contributed by atoms with Crippen molar-refractivity contribution in [3.05, 3.63) is 35.9 Å². The van der Waals surface area contributed by atoms with E-state index in [0.717, 1.165) is 0 Å². The minimum atomic E-state index is -0.626. The molecular formula is C17H20FN5O4. The van der Waals surface area contributed by atoms with Crippen molar-refractivity contribution in [3.63, 3.8) is 0 Å². The van der Waals surface area contributed by atoms with Crippen molar-refractivity contribution >= 4 is 12.0 Å². The number of methoxy groups -OCH3 is 1. The molecule has 2 amide bonds. The molecule has 2 aromatic rings. The summed E-state index contributed by atoms with van der Waals surface area (Å²) in [6.45, 7) is 1.09. The maximum atomic E-state index is 13.1. The zero-order valence-corrected chi connectivity index (χ0v) is 15.1. The average molecular weight is 377 g/mol. The van der Waals surface area contributed by atoms with Crippen LogP contribution in [0.1, 0.15) is 5.82 Å². The number of ether oxygens (including phenoxy) is 2. The van der Waals surface area contributed by atoms with Gasteiger partial charge in [-0.15, -0.1) is 0 Å². The number of aryl methyl sites for hydroxylation is 1. The largest absolute Gasteiger partial charge is 0.452 e. The summed E-state index contributed by atoms with van der Waals surface area (Å²) in [5, 5.41) is 6.82. The van der Waals surface area contributed by atoms with Gasteiger partial charge in [-0.05, 0) is 24.3 Å². The van der Waals surface area contributed by atoms with Crippen LogP contribution in [0.25, 0.3) is 11.4 Å². The first-order valence-corrected chi connectivity index (χ1v) is 8.39. The van der Waals surface area contributed by atoms with Gasteiger partial charge >= 0.3 is 6.09 Å². The van der Waals surface area contributed by atoms with Gasteiger partial charge < -0.3 is 9.47 Å². The van der Waals surface area contributed by atoms with Crippen molar-refractivity contribution in [3.8, 4) is 11.4 Å². The van der Waals surface area contributed by atoms with E-state index in [2.05, 4.69) is 10.1 Å². The van der Waals surface area contributed by atoms with Crippen LogP contribution in [-0.4, -0.2) is 70.2 Å². The number of hydrogen-bond acceptors (Lipinski definition) is 6. The van der Waals surface area contributed by atoms with Gasteiger partial charge in [0.1, 0.15) is 11.6 Å². The molecule has 0 aliphatic carbocycles. The van der Waals surface area contributed by atoms with Gasteiger partial charge in [-0.1, -0.05) is 0 Å². The number of nitrogens with zero attached hydrogens (tertiary/aromatic N) is 5. The van der Waals surface area contributed by atoms with Crippen LogP contribution in [-0.2, 0) is 27.7 Å². The Morgan fingerprint density at radius 2 is 1.85 bits per heavy atom. The zero-order chi connectivity index (χ0) is 19.4. The van der Waals surface area contributed by atoms with Crippen molar-refractivity contribution in [1.82, 2.24) is 24.8 Å². The maximum Gasteiger partial charge on any atom is 0.428 e. The van der Waals surface area contributed by atoms with Crippen molar-refractivity contribution in [2.45, 2.75) is 6.42 Å². The second kappa shape index (κ2) is 8.12. The number of benzene rings is 1. The second-order valence-electron chi connectivity index (χ2n) is 5.88. The SMILES string of the molecule is COC(=O)N1CCOCCN1C(=O)Cc1nc(-c2ccc(F)cc2)nn1C. The molecule has 0 N–H and O–H groups in total. The summed E-state index contributed by atoms with van der Waals surface area (Å²) in [7, 11) is 2.93. The Morgan fingerprint density at radius 1 is 1.19 bits per heavy atom. The lowest BCUT2D eigenvalue weighted by Gasteiger charge is -2.31. The molecule has 2 heterocycles. The van der Waals surface area contributed by atoms with E-state index >= 15 is 0 Å². The highest BCUT2D eigenvalue weighted by Crippen LogP contribution is 2.17. The van der Waals surface area contributed by atoms with E-state index in [1.807, 2.05) is 0 Å². The number of carbonyl (C=O) groups is 2. The lowest BCUT2D eigenvalue weighted by Crippen LogP contribution is -2.51. The van der Waals surface area contributed by atoms with Gasteiger partial charge in [-0.2, -0.15) is 5.10 Å². The Balaban J connectivity index is 1.78. The zero-order valence-electron chi connectivity index (χ0n) is 15.1. The van der Waals surface area contributed by atoms with Gasteiger partial charge in [0.25, 0.3) is 0 Å². The molecule has 0 bridgehead atoms. The topological polar surface area (TPSA) is 89.8 Å². The standard InChI is InChI=1S/C17H20FN5O4/c1-21-14(19-16(20-21)12-3-5-13(18)6-4-12)11-15(24)22-7-9-27-10-8-23(22)17(25)26-2/h3-6H,7-11H2,1-2H3. The van der Waals surface area contributed by atoms with E-state index in [9.17, 15) is 14.0 Å². The third-order valence-electron chi connectivity index (χ3n) is 4.12. The molecule has 144 valence electrons. The van der Waals surface area contributed by atoms with E-state index in [-0.39, 0.29) is 31.2 Å². The van der Waals surface area contributed by atoms with Gasteiger partial charge in [0.2, 0.25) is 5.91 Å². The summed E-state index contributed by atoms with van der Waals surface area (Å²) >= 11 is 0. The molecule has 10 heteroatoms. The first kappa shape index (κ1) is 18.8. The predicted octanol–water partition coefficient (Wildman–Crippen LogP) is 1.01. The molecule has 1 fully saturated rings. The van der Waals surface area contributed by atoms with Crippen LogP contribution in [0.4, 0.5) is 9.18 Å². The molecule has 3 rings (SSSR count). The third kappa shape index (κ3) is 4.22. The van der Waals surface area contributed by atoms with Crippen molar-refractivity contribution < 1.29 is 23.5 Å². The Hall–Kier alpha value is -3.01. The summed E-state index contributed by atoms with van der Waals surface area (Å²) in [5.74, 6) is 0.141. The first-order chi connectivity index (χ1) is 13.0. The highest BCUT2D eigenvalue weighted by atomic mass is 19.1. The lowest BCUT2D eigenvalue weighted by atomic mass is 10.2. The minimum absolute atomic E-state index is 0.0574. The fourth-order valence-corrected chi connectivity index (χ4v) is 2.72. The minimum Gasteiger partial charge on any atom is -0.452 e. The van der Waals surface area contributed by atoms with Crippen molar-refractivity contribution in [2.24, 2.45) is 7.05 Å². The van der Waals surface area contributed by atoms with Gasteiger partial charge in [-0.25, -0.2) is 24.2 Å². The van der Waals surface area contributed by atoms with Crippen LogP contribution in [0.2, 0.25) is 0 Å². The molecule has 0 spiro atoms. The number of hydrazine groups is 1. The van der Waals surface area contributed by atoms with Crippen LogP contribution < -0.4 is 0 Å². The Kier molecular flexibility index (Phi) is 5.65. The summed E-state index contributed by atoms with van der Waals surface area (Å²) in [4.78, 5) is 29.1. The molecule has 1 aromatic carbocycles. The summed E-state index contributed by atoms with van der Waals surface area (Å²) < 4.78 is 24.7. The van der Waals surface area contributed by atoms with Gasteiger partial charge in [0.05, 0.1) is 39.8 Å². The van der Waals surface area contributed by atoms with Crippen LogP contribution in [0.3, 0.4) is 0 Å². The molecule has 0 saturated carbocycles. The number of rotatable bonds is 3. The summed E-state index contributed by atoms with van der Waals surface area (Å²) in [6, 6.07) is 5.78. The first-order valence-electron chi connectivity index (χ1n) is 8.39. The average Bonchev–Trinajstić information content (AvgIpc) is 2.87. The van der Waals surface area contributed by atoms with E-state index < -0.39 is 6.09 Å². The normalized spacial score (nSPS) is 14.8. The third-order valence-corrected chi connectivity index (χ3v) is 4.12.